The molecule has 28 heavy (non-hydrogen) atoms. The topological polar surface area (TPSA) is 66.0 Å². The Morgan fingerprint density at radius 1 is 1.21 bits per heavy atom. The number of hydrogen-bond donors (Lipinski definition) is 2. The molecule has 2 N–H and O–H groups in total. The van der Waals surface area contributed by atoms with Crippen molar-refractivity contribution >= 4 is 11.9 Å². The highest BCUT2D eigenvalue weighted by Crippen LogP contribution is 2.20. The van der Waals surface area contributed by atoms with Crippen LogP contribution in [0.3, 0.4) is 0 Å². The molecule has 1 aromatic rings. The zero-order valence-electron chi connectivity index (χ0n) is 17.6. The molecule has 1 saturated carbocycles. The molecule has 6 nitrogen and oxygen atoms in total. The molecular weight excluding hydrogens is 352 g/mol. The van der Waals surface area contributed by atoms with Gasteiger partial charge in [0.15, 0.2) is 5.96 Å². The molecule has 0 aromatic heterocycles. The third-order valence-corrected chi connectivity index (χ3v) is 5.04. The number of amides is 1. The summed E-state index contributed by atoms with van der Waals surface area (Å²) in [6.45, 7) is 3.74. The zero-order valence-corrected chi connectivity index (χ0v) is 17.6. The van der Waals surface area contributed by atoms with Crippen molar-refractivity contribution in [3.63, 3.8) is 0 Å². The summed E-state index contributed by atoms with van der Waals surface area (Å²) in [7, 11) is 3.49. The van der Waals surface area contributed by atoms with Crippen LogP contribution in [0, 0.1) is 0 Å². The molecule has 1 amide bonds. The Hall–Kier alpha value is -2.08. The van der Waals surface area contributed by atoms with Gasteiger partial charge in [-0.15, -0.1) is 0 Å². The number of nitrogens with zero attached hydrogens (tertiary/aromatic N) is 2. The third-order valence-electron chi connectivity index (χ3n) is 5.04. The number of benzene rings is 1. The number of likely N-dealkylation sites (N-methyl/N-ethyl adjacent to an activating group) is 1. The number of carbonyl (C=O) groups is 1. The summed E-state index contributed by atoms with van der Waals surface area (Å²) in [6.07, 6.45) is 7.68. The Balaban J connectivity index is 1.81. The number of ether oxygens (including phenoxy) is 1. The SMILES string of the molecule is CC(NC(=NCC(=O)N(C)C)NCCCOC1CCCCC1)c1ccccc1. The van der Waals surface area contributed by atoms with Crippen LogP contribution in [0.2, 0.25) is 0 Å². The van der Waals surface area contributed by atoms with Gasteiger partial charge in [-0.1, -0.05) is 49.6 Å². The summed E-state index contributed by atoms with van der Waals surface area (Å²) >= 11 is 0. The molecule has 6 heteroatoms. The maximum absolute atomic E-state index is 11.9. The summed E-state index contributed by atoms with van der Waals surface area (Å²) in [6, 6.07) is 10.3. The van der Waals surface area contributed by atoms with Crippen LogP contribution in [0.25, 0.3) is 0 Å². The summed E-state index contributed by atoms with van der Waals surface area (Å²) < 4.78 is 5.98. The van der Waals surface area contributed by atoms with Crippen LogP contribution in [-0.4, -0.2) is 56.7 Å². The number of nitrogens with one attached hydrogen (secondary N) is 2. The maximum Gasteiger partial charge on any atom is 0.243 e. The first-order valence-electron chi connectivity index (χ1n) is 10.5. The minimum atomic E-state index is -0.0194. The van der Waals surface area contributed by atoms with Gasteiger partial charge in [-0.3, -0.25) is 4.79 Å². The molecule has 1 unspecified atom stereocenters. The van der Waals surface area contributed by atoms with Crippen molar-refractivity contribution in [2.45, 2.75) is 57.6 Å². The lowest BCUT2D eigenvalue weighted by Crippen LogP contribution is -2.40. The van der Waals surface area contributed by atoms with Gasteiger partial charge in [-0.2, -0.15) is 0 Å². The van der Waals surface area contributed by atoms with Gasteiger partial charge in [-0.25, -0.2) is 4.99 Å². The lowest BCUT2D eigenvalue weighted by atomic mass is 9.98. The first-order valence-corrected chi connectivity index (χ1v) is 10.5. The molecular formula is C22H36N4O2. The summed E-state index contributed by atoms with van der Waals surface area (Å²) in [4.78, 5) is 17.9. The quantitative estimate of drug-likeness (QED) is 0.388. The van der Waals surface area contributed by atoms with Crippen LogP contribution in [0.5, 0.6) is 0 Å². The molecule has 0 bridgehead atoms. The van der Waals surface area contributed by atoms with Gasteiger partial charge < -0.3 is 20.3 Å². The second-order valence-corrected chi connectivity index (χ2v) is 7.64. The maximum atomic E-state index is 11.9. The normalized spacial score (nSPS) is 16.5. The average molecular weight is 389 g/mol. The van der Waals surface area contributed by atoms with E-state index in [-0.39, 0.29) is 18.5 Å². The van der Waals surface area contributed by atoms with E-state index in [0.29, 0.717) is 12.1 Å². The van der Waals surface area contributed by atoms with Gasteiger partial charge in [0, 0.05) is 27.2 Å². The predicted octanol–water partition coefficient (Wildman–Crippen LogP) is 3.11. The third kappa shape index (κ3) is 8.30. The zero-order chi connectivity index (χ0) is 20.2. The second kappa shape index (κ2) is 12.4. The molecule has 0 radical (unpaired) electrons. The lowest BCUT2D eigenvalue weighted by Gasteiger charge is -2.22. The number of hydrogen-bond acceptors (Lipinski definition) is 3. The first kappa shape index (κ1) is 22.2. The van der Waals surface area contributed by atoms with Crippen LogP contribution in [0.15, 0.2) is 35.3 Å². The van der Waals surface area contributed by atoms with Crippen LogP contribution in [-0.2, 0) is 9.53 Å². The lowest BCUT2D eigenvalue weighted by molar-refractivity contribution is -0.127. The molecule has 1 fully saturated rings. The Bertz CT molecular complexity index is 598. The Morgan fingerprint density at radius 2 is 1.93 bits per heavy atom. The van der Waals surface area contributed by atoms with Crippen LogP contribution in [0.1, 0.15) is 57.1 Å². The van der Waals surface area contributed by atoms with Crippen molar-refractivity contribution < 1.29 is 9.53 Å². The van der Waals surface area contributed by atoms with Gasteiger partial charge in [0.05, 0.1) is 12.1 Å². The predicted molar refractivity (Wildman–Crippen MR) is 114 cm³/mol. The largest absolute Gasteiger partial charge is 0.378 e. The van der Waals surface area contributed by atoms with Crippen molar-refractivity contribution in [2.24, 2.45) is 4.99 Å². The molecule has 1 atom stereocenters. The van der Waals surface area contributed by atoms with E-state index in [1.165, 1.54) is 37.7 Å². The van der Waals surface area contributed by atoms with E-state index < -0.39 is 0 Å². The second-order valence-electron chi connectivity index (χ2n) is 7.64. The van der Waals surface area contributed by atoms with E-state index in [0.717, 1.165) is 19.6 Å². The molecule has 0 heterocycles. The molecule has 0 saturated heterocycles. The molecule has 0 spiro atoms. The van der Waals surface area contributed by atoms with Gasteiger partial charge in [-0.05, 0) is 31.7 Å². The Labute approximate surface area is 169 Å². The fourth-order valence-electron chi connectivity index (χ4n) is 3.23. The monoisotopic (exact) mass is 388 g/mol. The highest BCUT2D eigenvalue weighted by atomic mass is 16.5. The van der Waals surface area contributed by atoms with Crippen molar-refractivity contribution in [3.05, 3.63) is 35.9 Å². The van der Waals surface area contributed by atoms with Crippen LogP contribution < -0.4 is 10.6 Å². The summed E-state index contributed by atoms with van der Waals surface area (Å²) in [5.74, 6) is 0.637. The van der Waals surface area contributed by atoms with E-state index in [9.17, 15) is 4.79 Å². The van der Waals surface area contributed by atoms with E-state index in [4.69, 9.17) is 4.74 Å². The molecule has 1 aliphatic rings. The summed E-state index contributed by atoms with van der Waals surface area (Å²) in [5.41, 5.74) is 1.18. The molecule has 156 valence electrons. The van der Waals surface area contributed by atoms with E-state index in [1.54, 1.807) is 19.0 Å². The number of carbonyl (C=O) groups excluding carboxylic acids is 1. The van der Waals surface area contributed by atoms with E-state index in [1.807, 2.05) is 18.2 Å². The van der Waals surface area contributed by atoms with Gasteiger partial charge in [0.25, 0.3) is 0 Å². The number of rotatable bonds is 9. The van der Waals surface area contributed by atoms with Crippen LogP contribution in [0.4, 0.5) is 0 Å². The first-order chi connectivity index (χ1) is 13.6. The van der Waals surface area contributed by atoms with Gasteiger partial charge >= 0.3 is 0 Å². The Morgan fingerprint density at radius 3 is 2.61 bits per heavy atom. The highest BCUT2D eigenvalue weighted by molar-refractivity contribution is 5.85. The molecule has 0 aliphatic heterocycles. The van der Waals surface area contributed by atoms with E-state index in [2.05, 4.69) is 34.7 Å². The molecule has 1 aliphatic carbocycles. The van der Waals surface area contributed by atoms with Crippen molar-refractivity contribution in [2.75, 3.05) is 33.8 Å². The molecule has 2 rings (SSSR count). The van der Waals surface area contributed by atoms with Crippen molar-refractivity contribution in [1.29, 1.82) is 0 Å². The smallest absolute Gasteiger partial charge is 0.243 e. The van der Waals surface area contributed by atoms with Crippen molar-refractivity contribution in [3.8, 4) is 0 Å². The Kier molecular flexibility index (Phi) is 9.83. The average Bonchev–Trinajstić information content (AvgIpc) is 2.72. The standard InChI is InChI=1S/C22H36N4O2/c1-18(19-11-6-4-7-12-19)25-22(24-17-21(27)26(2)3)23-15-10-16-28-20-13-8-5-9-14-20/h4,6-7,11-12,18,20H,5,8-10,13-17H2,1-3H3,(H2,23,24,25). The fourth-order valence-corrected chi connectivity index (χ4v) is 3.23. The van der Waals surface area contributed by atoms with Gasteiger partial charge in [0.1, 0.15) is 6.54 Å². The minimum absolute atomic E-state index is 0.0194. The summed E-state index contributed by atoms with van der Waals surface area (Å²) in [5, 5.41) is 6.74. The molecule has 1 aromatic carbocycles. The van der Waals surface area contributed by atoms with E-state index >= 15 is 0 Å². The number of aliphatic imine (C=N–C) groups is 1. The van der Waals surface area contributed by atoms with Crippen molar-refractivity contribution in [1.82, 2.24) is 15.5 Å². The number of guanidine groups is 1. The van der Waals surface area contributed by atoms with Gasteiger partial charge in [0.2, 0.25) is 5.91 Å². The highest BCUT2D eigenvalue weighted by Gasteiger charge is 2.13. The minimum Gasteiger partial charge on any atom is -0.378 e. The fraction of sp³-hybridized carbons (Fsp3) is 0.636. The van der Waals surface area contributed by atoms with Crippen LogP contribution >= 0.6 is 0 Å².